The third-order valence-corrected chi connectivity index (χ3v) is 4.34. The van der Waals surface area contributed by atoms with E-state index < -0.39 is 11.6 Å². The summed E-state index contributed by atoms with van der Waals surface area (Å²) in [4.78, 5) is 13.5. The second-order valence-electron chi connectivity index (χ2n) is 4.99. The lowest BCUT2D eigenvalue weighted by atomic mass is 9.95. The number of carbonyl (C=O) groups is 1. The molecule has 0 spiro atoms. The largest absolute Gasteiger partial charge is 0.359 e. The lowest BCUT2D eigenvalue weighted by Crippen LogP contribution is -2.39. The van der Waals surface area contributed by atoms with Gasteiger partial charge in [-0.05, 0) is 54.0 Å². The van der Waals surface area contributed by atoms with Gasteiger partial charge >= 0.3 is 0 Å². The van der Waals surface area contributed by atoms with Crippen molar-refractivity contribution >= 4 is 21.8 Å². The molecule has 3 nitrogen and oxygen atoms in total. The molecule has 0 saturated carbocycles. The highest BCUT2D eigenvalue weighted by Gasteiger charge is 2.25. The Hall–Kier alpha value is -1.01. The molecule has 1 aliphatic rings. The molecule has 1 amide bonds. The van der Waals surface area contributed by atoms with Gasteiger partial charge in [0.25, 0.3) is 0 Å². The normalized spacial score (nSPS) is 17.2. The molecule has 1 saturated heterocycles. The van der Waals surface area contributed by atoms with Crippen LogP contribution in [0.15, 0.2) is 16.6 Å². The number of nitrogens with one attached hydrogen (secondary N) is 1. The highest BCUT2D eigenvalue weighted by atomic mass is 79.9. The molecular formula is C14H17BrF2N2O. The summed E-state index contributed by atoms with van der Waals surface area (Å²) in [6.07, 6.45) is 1.44. The minimum absolute atomic E-state index is 0.00783. The molecule has 1 N–H and O–H groups in total. The van der Waals surface area contributed by atoms with E-state index in [0.717, 1.165) is 12.8 Å². The van der Waals surface area contributed by atoms with Crippen LogP contribution in [-0.4, -0.2) is 30.9 Å². The summed E-state index contributed by atoms with van der Waals surface area (Å²) >= 11 is 3.07. The Labute approximate surface area is 125 Å². The minimum atomic E-state index is -0.543. The molecule has 0 radical (unpaired) electrons. The van der Waals surface area contributed by atoms with Crippen LogP contribution in [0.2, 0.25) is 0 Å². The first-order chi connectivity index (χ1) is 9.52. The molecule has 1 aliphatic heterocycles. The molecule has 1 aromatic carbocycles. The fraction of sp³-hybridized carbons (Fsp3) is 0.500. The predicted molar refractivity (Wildman–Crippen MR) is 76.1 cm³/mol. The Kier molecular flexibility index (Phi) is 5.10. The molecule has 1 fully saturated rings. The number of likely N-dealkylation sites (tertiary alicyclic amines) is 1. The van der Waals surface area contributed by atoms with Crippen LogP contribution >= 0.6 is 15.9 Å². The monoisotopic (exact) mass is 346 g/mol. The van der Waals surface area contributed by atoms with Crippen LogP contribution in [0.1, 0.15) is 18.4 Å². The van der Waals surface area contributed by atoms with Gasteiger partial charge in [0.2, 0.25) is 5.91 Å². The third-order valence-electron chi connectivity index (χ3n) is 3.73. The maximum Gasteiger partial charge on any atom is 0.222 e. The molecule has 0 unspecified atom stereocenters. The van der Waals surface area contributed by atoms with Crippen molar-refractivity contribution in [1.82, 2.24) is 10.2 Å². The second-order valence-corrected chi connectivity index (χ2v) is 5.84. The van der Waals surface area contributed by atoms with Gasteiger partial charge in [0.15, 0.2) is 0 Å². The summed E-state index contributed by atoms with van der Waals surface area (Å²) in [5.41, 5.74) is 0.0813. The quantitative estimate of drug-likeness (QED) is 0.853. The van der Waals surface area contributed by atoms with Gasteiger partial charge in [-0.1, -0.05) is 0 Å². The van der Waals surface area contributed by atoms with Crippen molar-refractivity contribution in [2.45, 2.75) is 19.4 Å². The van der Waals surface area contributed by atoms with Crippen molar-refractivity contribution in [3.05, 3.63) is 33.8 Å². The zero-order valence-electron chi connectivity index (χ0n) is 11.3. The smallest absolute Gasteiger partial charge is 0.222 e. The first-order valence-corrected chi connectivity index (χ1v) is 7.38. The maximum absolute atomic E-state index is 13.9. The van der Waals surface area contributed by atoms with Crippen LogP contribution in [0.5, 0.6) is 0 Å². The van der Waals surface area contributed by atoms with Gasteiger partial charge in [0.05, 0.1) is 4.47 Å². The van der Waals surface area contributed by atoms with Gasteiger partial charge in [-0.2, -0.15) is 0 Å². The average Bonchev–Trinajstić information content (AvgIpc) is 2.47. The van der Waals surface area contributed by atoms with E-state index in [1.807, 2.05) is 4.90 Å². The first-order valence-electron chi connectivity index (χ1n) is 6.59. The van der Waals surface area contributed by atoms with Gasteiger partial charge in [-0.15, -0.1) is 0 Å². The number of rotatable bonds is 3. The number of hydrogen-bond acceptors (Lipinski definition) is 2. The summed E-state index contributed by atoms with van der Waals surface area (Å²) in [6.45, 7) is 1.57. The standard InChI is InChI=1S/C14H17BrF2N2O/c1-18-14(20)9-4-6-19(7-5-9)8-10-12(16)3-2-11(15)13(10)17/h2-3,9H,4-8H2,1H3,(H,18,20). The Morgan fingerprint density at radius 1 is 1.40 bits per heavy atom. The van der Waals surface area contributed by atoms with E-state index in [2.05, 4.69) is 21.2 Å². The van der Waals surface area contributed by atoms with Gasteiger partial charge in [-0.3, -0.25) is 9.69 Å². The van der Waals surface area contributed by atoms with Crippen LogP contribution in [0.25, 0.3) is 0 Å². The summed E-state index contributed by atoms with van der Waals surface area (Å²) in [5, 5.41) is 2.64. The second kappa shape index (κ2) is 6.63. The molecule has 0 aliphatic carbocycles. The van der Waals surface area contributed by atoms with Gasteiger partial charge in [0, 0.05) is 25.1 Å². The Balaban J connectivity index is 2.00. The molecular weight excluding hydrogens is 330 g/mol. The number of piperidine rings is 1. The van der Waals surface area contributed by atoms with Gasteiger partial charge in [-0.25, -0.2) is 8.78 Å². The van der Waals surface area contributed by atoms with Crippen molar-refractivity contribution in [1.29, 1.82) is 0 Å². The maximum atomic E-state index is 13.9. The lowest BCUT2D eigenvalue weighted by molar-refractivity contribution is -0.125. The highest BCUT2D eigenvalue weighted by molar-refractivity contribution is 9.10. The topological polar surface area (TPSA) is 32.3 Å². The van der Waals surface area contributed by atoms with Crippen molar-refractivity contribution in [3.8, 4) is 0 Å². The SMILES string of the molecule is CNC(=O)C1CCN(Cc2c(F)ccc(Br)c2F)CC1. The van der Waals surface area contributed by atoms with E-state index in [-0.39, 0.29) is 28.4 Å². The highest BCUT2D eigenvalue weighted by Crippen LogP contribution is 2.25. The molecule has 0 atom stereocenters. The molecule has 6 heteroatoms. The minimum Gasteiger partial charge on any atom is -0.359 e. The summed E-state index contributed by atoms with van der Waals surface area (Å²) in [6, 6.07) is 2.63. The van der Waals surface area contributed by atoms with E-state index in [1.165, 1.54) is 12.1 Å². The Bertz CT molecular complexity index is 502. The fourth-order valence-electron chi connectivity index (χ4n) is 2.50. The van der Waals surface area contributed by atoms with E-state index >= 15 is 0 Å². The van der Waals surface area contributed by atoms with Crippen LogP contribution in [0.3, 0.4) is 0 Å². The van der Waals surface area contributed by atoms with Crippen LogP contribution < -0.4 is 5.32 Å². The van der Waals surface area contributed by atoms with Crippen molar-refractivity contribution in [2.24, 2.45) is 5.92 Å². The Morgan fingerprint density at radius 2 is 2.05 bits per heavy atom. The zero-order valence-corrected chi connectivity index (χ0v) is 12.8. The molecule has 1 aromatic rings. The molecule has 0 aromatic heterocycles. The number of halogens is 3. The predicted octanol–water partition coefficient (Wildman–Crippen LogP) is 2.69. The number of benzene rings is 1. The first kappa shape index (κ1) is 15.4. The fourth-order valence-corrected chi connectivity index (χ4v) is 2.87. The van der Waals surface area contributed by atoms with Crippen LogP contribution in [0, 0.1) is 17.6 Å². The summed E-state index contributed by atoms with van der Waals surface area (Å²) in [7, 11) is 1.63. The number of amides is 1. The lowest BCUT2D eigenvalue weighted by Gasteiger charge is -2.31. The average molecular weight is 347 g/mol. The van der Waals surface area contributed by atoms with Gasteiger partial charge < -0.3 is 5.32 Å². The van der Waals surface area contributed by atoms with E-state index in [0.29, 0.717) is 13.1 Å². The third kappa shape index (κ3) is 3.35. The van der Waals surface area contributed by atoms with Crippen LogP contribution in [-0.2, 0) is 11.3 Å². The number of hydrogen-bond donors (Lipinski definition) is 1. The van der Waals surface area contributed by atoms with Crippen LogP contribution in [0.4, 0.5) is 8.78 Å². The van der Waals surface area contributed by atoms with E-state index in [9.17, 15) is 13.6 Å². The van der Waals surface area contributed by atoms with E-state index in [4.69, 9.17) is 0 Å². The summed E-state index contributed by atoms with van der Waals surface area (Å²) < 4.78 is 27.9. The molecule has 20 heavy (non-hydrogen) atoms. The van der Waals surface area contributed by atoms with Crippen molar-refractivity contribution in [2.75, 3.05) is 20.1 Å². The van der Waals surface area contributed by atoms with Gasteiger partial charge in [0.1, 0.15) is 11.6 Å². The zero-order chi connectivity index (χ0) is 14.7. The Morgan fingerprint density at radius 3 is 2.65 bits per heavy atom. The van der Waals surface area contributed by atoms with Crippen molar-refractivity contribution < 1.29 is 13.6 Å². The van der Waals surface area contributed by atoms with E-state index in [1.54, 1.807) is 7.05 Å². The molecule has 0 bridgehead atoms. The summed E-state index contributed by atoms with van der Waals surface area (Å²) in [5.74, 6) is -1.02. The number of carbonyl (C=O) groups excluding carboxylic acids is 1. The number of nitrogens with zero attached hydrogens (tertiary/aromatic N) is 1. The van der Waals surface area contributed by atoms with Crippen molar-refractivity contribution in [3.63, 3.8) is 0 Å². The molecule has 1 heterocycles. The molecule has 2 rings (SSSR count). The molecule has 110 valence electrons.